The van der Waals surface area contributed by atoms with E-state index in [-0.39, 0.29) is 11.6 Å². The highest BCUT2D eigenvalue weighted by Gasteiger charge is 2.24. The molecule has 0 bridgehead atoms. The molecule has 0 fully saturated rings. The Morgan fingerprint density at radius 2 is 2.15 bits per heavy atom. The number of H-pyrrole nitrogens is 1. The molecule has 2 aromatic carbocycles. The quantitative estimate of drug-likeness (QED) is 0.603. The highest BCUT2D eigenvalue weighted by molar-refractivity contribution is 7.92. The minimum atomic E-state index is -3.48. The molecule has 9 heteroatoms. The van der Waals surface area contributed by atoms with Crippen LogP contribution >= 0.6 is 11.6 Å². The van der Waals surface area contributed by atoms with E-state index in [9.17, 15) is 12.8 Å². The number of nitrogens with zero attached hydrogens (tertiary/aromatic N) is 2. The van der Waals surface area contributed by atoms with E-state index < -0.39 is 21.8 Å². The van der Waals surface area contributed by atoms with Gasteiger partial charge in [0.1, 0.15) is 11.3 Å². The minimum absolute atomic E-state index is 0.203. The lowest BCUT2D eigenvalue weighted by Gasteiger charge is -2.15. The first-order chi connectivity index (χ1) is 12.8. The fourth-order valence-electron chi connectivity index (χ4n) is 3.04. The molecule has 2 N–H and O–H groups in total. The second-order valence-corrected chi connectivity index (χ2v) is 8.29. The smallest absolute Gasteiger partial charge is 0.229 e. The van der Waals surface area contributed by atoms with E-state index in [1.54, 1.807) is 30.3 Å². The van der Waals surface area contributed by atoms with E-state index in [0.29, 0.717) is 34.3 Å². The summed E-state index contributed by atoms with van der Waals surface area (Å²) in [5.74, 6) is -0.916. The van der Waals surface area contributed by atoms with Crippen LogP contribution in [0.25, 0.3) is 15.7 Å². The number of sulfonamides is 1. The van der Waals surface area contributed by atoms with Gasteiger partial charge in [0.15, 0.2) is 0 Å². The third-order valence-electron chi connectivity index (χ3n) is 4.13. The zero-order chi connectivity index (χ0) is 19.6. The number of para-hydroxylation sites is 1. The van der Waals surface area contributed by atoms with Gasteiger partial charge < -0.3 is 4.85 Å². The molecule has 0 spiro atoms. The van der Waals surface area contributed by atoms with Gasteiger partial charge in [0.2, 0.25) is 16.6 Å². The molecular weight excluding hydrogens is 391 g/mol. The Kier molecular flexibility index (Phi) is 5.35. The van der Waals surface area contributed by atoms with Gasteiger partial charge in [-0.2, -0.15) is 5.10 Å². The van der Waals surface area contributed by atoms with Gasteiger partial charge in [-0.3, -0.25) is 9.82 Å². The van der Waals surface area contributed by atoms with Crippen LogP contribution in [-0.2, 0) is 10.0 Å². The van der Waals surface area contributed by atoms with Crippen LogP contribution in [0.15, 0.2) is 36.4 Å². The average Bonchev–Trinajstić information content (AvgIpc) is 3.00. The summed E-state index contributed by atoms with van der Waals surface area (Å²) in [6.07, 6.45) is 1.43. The first-order valence-electron chi connectivity index (χ1n) is 8.03. The fraction of sp³-hybridized carbons (Fsp3) is 0.222. The van der Waals surface area contributed by atoms with Gasteiger partial charge in [-0.05, 0) is 23.8 Å². The number of fused-ring (bicyclic) bond motifs is 1. The largest absolute Gasteiger partial charge is 0.317 e. The molecule has 140 valence electrons. The van der Waals surface area contributed by atoms with E-state index in [1.807, 2.05) is 0 Å². The molecule has 1 aromatic heterocycles. The van der Waals surface area contributed by atoms with Crippen LogP contribution in [0.2, 0.25) is 5.02 Å². The monoisotopic (exact) mass is 406 g/mol. The van der Waals surface area contributed by atoms with Gasteiger partial charge in [0, 0.05) is 22.7 Å². The van der Waals surface area contributed by atoms with Crippen LogP contribution in [0.1, 0.15) is 23.6 Å². The van der Waals surface area contributed by atoms with Crippen molar-refractivity contribution in [1.82, 2.24) is 10.2 Å². The number of halogens is 2. The molecule has 0 amide bonds. The van der Waals surface area contributed by atoms with E-state index in [0.717, 1.165) is 6.26 Å². The molecule has 1 atom stereocenters. The summed E-state index contributed by atoms with van der Waals surface area (Å²) in [5.41, 5.74) is 1.78. The van der Waals surface area contributed by atoms with Gasteiger partial charge >= 0.3 is 0 Å². The SMILES string of the molecule is [C-]#[N+]CCC(c1ccc(Cl)cc1F)c1[nH]nc2c(NS(C)(=O)=O)cccc12. The number of rotatable bonds is 6. The van der Waals surface area contributed by atoms with Crippen molar-refractivity contribution in [3.8, 4) is 0 Å². The second-order valence-electron chi connectivity index (χ2n) is 6.10. The summed E-state index contributed by atoms with van der Waals surface area (Å²) in [6.45, 7) is 7.28. The molecule has 1 heterocycles. The molecular formula is C18H16ClFN4O2S. The zero-order valence-electron chi connectivity index (χ0n) is 14.3. The van der Waals surface area contributed by atoms with Gasteiger partial charge in [0.05, 0.1) is 17.6 Å². The third-order valence-corrected chi connectivity index (χ3v) is 4.95. The number of anilines is 1. The predicted molar refractivity (Wildman–Crippen MR) is 104 cm³/mol. The maximum atomic E-state index is 14.5. The first-order valence-corrected chi connectivity index (χ1v) is 10.3. The fourth-order valence-corrected chi connectivity index (χ4v) is 3.76. The Bertz CT molecular complexity index is 1140. The molecule has 0 aliphatic carbocycles. The van der Waals surface area contributed by atoms with Crippen molar-refractivity contribution in [3.63, 3.8) is 0 Å². The van der Waals surface area contributed by atoms with Crippen LogP contribution in [0, 0.1) is 12.4 Å². The first kappa shape index (κ1) is 19.1. The van der Waals surface area contributed by atoms with E-state index >= 15 is 0 Å². The topological polar surface area (TPSA) is 79.2 Å². The Labute approximate surface area is 161 Å². The lowest BCUT2D eigenvalue weighted by molar-refractivity contribution is 0.587. The van der Waals surface area contributed by atoms with Crippen LogP contribution < -0.4 is 4.72 Å². The van der Waals surface area contributed by atoms with Crippen molar-refractivity contribution >= 4 is 38.2 Å². The number of nitrogens with one attached hydrogen (secondary N) is 2. The summed E-state index contributed by atoms with van der Waals surface area (Å²) in [7, 11) is -3.48. The Balaban J connectivity index is 2.14. The standard InChI is InChI=1S/C18H16ClFN4O2S/c1-21-9-8-13(12-7-6-11(19)10-15(12)20)17-14-4-3-5-16(18(14)23-22-17)24-27(2,25)26/h3-7,10,13,24H,8-9H2,2H3,(H,22,23). The summed E-state index contributed by atoms with van der Waals surface area (Å²) in [6, 6.07) is 9.50. The highest BCUT2D eigenvalue weighted by Crippen LogP contribution is 2.35. The second kappa shape index (κ2) is 7.55. The number of hydrogen-bond acceptors (Lipinski definition) is 3. The summed E-state index contributed by atoms with van der Waals surface area (Å²) in [5, 5.41) is 8.07. The molecule has 1 unspecified atom stereocenters. The van der Waals surface area contributed by atoms with E-state index in [4.69, 9.17) is 18.2 Å². The molecule has 0 aliphatic heterocycles. The molecule has 0 saturated heterocycles. The molecule has 3 rings (SSSR count). The Hall–Kier alpha value is -2.63. The van der Waals surface area contributed by atoms with Crippen LogP contribution in [0.5, 0.6) is 0 Å². The van der Waals surface area contributed by atoms with Crippen molar-refractivity contribution in [3.05, 3.63) is 69.9 Å². The van der Waals surface area contributed by atoms with Gasteiger partial charge in [0.25, 0.3) is 0 Å². The third kappa shape index (κ3) is 4.21. The summed E-state index contributed by atoms with van der Waals surface area (Å²) in [4.78, 5) is 3.38. The zero-order valence-corrected chi connectivity index (χ0v) is 15.9. The van der Waals surface area contributed by atoms with Crippen LogP contribution in [0.4, 0.5) is 10.1 Å². The van der Waals surface area contributed by atoms with E-state index in [2.05, 4.69) is 19.8 Å². The minimum Gasteiger partial charge on any atom is -0.317 e. The van der Waals surface area contributed by atoms with Crippen molar-refractivity contribution in [1.29, 1.82) is 0 Å². The van der Waals surface area contributed by atoms with Crippen LogP contribution in [-0.4, -0.2) is 31.4 Å². The maximum Gasteiger partial charge on any atom is 0.229 e. The number of aromatic amines is 1. The Morgan fingerprint density at radius 1 is 1.37 bits per heavy atom. The molecule has 0 aliphatic rings. The van der Waals surface area contributed by atoms with Gasteiger partial charge in [-0.25, -0.2) is 19.4 Å². The lowest BCUT2D eigenvalue weighted by atomic mass is 9.90. The molecule has 0 saturated carbocycles. The molecule has 3 aromatic rings. The van der Waals surface area contributed by atoms with E-state index in [1.165, 1.54) is 6.07 Å². The van der Waals surface area contributed by atoms with Crippen molar-refractivity contribution in [2.75, 3.05) is 17.5 Å². The Morgan fingerprint density at radius 3 is 2.81 bits per heavy atom. The molecule has 6 nitrogen and oxygen atoms in total. The predicted octanol–water partition coefficient (Wildman–Crippen LogP) is 4.17. The normalized spacial score (nSPS) is 12.7. The van der Waals surface area contributed by atoms with Gasteiger partial charge in [-0.15, -0.1) is 0 Å². The highest BCUT2D eigenvalue weighted by atomic mass is 35.5. The molecule has 0 radical (unpaired) electrons. The number of benzene rings is 2. The van der Waals surface area contributed by atoms with Crippen molar-refractivity contribution in [2.24, 2.45) is 0 Å². The summed E-state index contributed by atoms with van der Waals surface area (Å²) >= 11 is 5.85. The van der Waals surface area contributed by atoms with Crippen LogP contribution in [0.3, 0.4) is 0 Å². The summed E-state index contributed by atoms with van der Waals surface area (Å²) < 4.78 is 40.1. The number of aromatic nitrogens is 2. The van der Waals surface area contributed by atoms with Crippen molar-refractivity contribution < 1.29 is 12.8 Å². The van der Waals surface area contributed by atoms with Gasteiger partial charge in [-0.1, -0.05) is 29.8 Å². The van der Waals surface area contributed by atoms with Crippen molar-refractivity contribution in [2.45, 2.75) is 12.3 Å². The lowest BCUT2D eigenvalue weighted by Crippen LogP contribution is -2.09. The maximum absolute atomic E-state index is 14.5. The average molecular weight is 407 g/mol. The number of hydrogen-bond donors (Lipinski definition) is 2. The molecule has 27 heavy (non-hydrogen) atoms.